The van der Waals surface area contributed by atoms with E-state index in [0.29, 0.717) is 5.91 Å². The molecule has 0 aromatic rings. The van der Waals surface area contributed by atoms with Gasteiger partial charge in [-0.2, -0.15) is 0 Å². The van der Waals surface area contributed by atoms with Crippen LogP contribution in [-0.2, 0) is 4.79 Å². The monoisotopic (exact) mass is 181 g/mol. The number of carbonyl (C=O) groups is 1. The van der Waals surface area contributed by atoms with Gasteiger partial charge < -0.3 is 4.90 Å². The quantitative estimate of drug-likeness (QED) is 0.612. The van der Waals surface area contributed by atoms with Crippen LogP contribution in [0, 0.1) is 0 Å². The molecule has 1 amide bonds. The zero-order chi connectivity index (χ0) is 9.52. The Kier molecular flexibility index (Phi) is 4.58. The molecule has 0 saturated carbocycles. The summed E-state index contributed by atoms with van der Waals surface area (Å²) in [6, 6.07) is 0. The molecule has 0 N–H and O–H groups in total. The van der Waals surface area contributed by atoms with Gasteiger partial charge in [0.2, 0.25) is 5.91 Å². The van der Waals surface area contributed by atoms with Crippen molar-refractivity contribution in [3.05, 3.63) is 12.2 Å². The Bertz CT molecular complexity index is 187. The number of carbonyl (C=O) groups excluding carboxylic acids is 1. The van der Waals surface area contributed by atoms with Crippen LogP contribution in [0.4, 0.5) is 0 Å². The van der Waals surface area contributed by atoms with E-state index in [0.717, 1.165) is 32.4 Å². The Morgan fingerprint density at radius 3 is 3.00 bits per heavy atom. The van der Waals surface area contributed by atoms with Gasteiger partial charge in [-0.1, -0.05) is 18.6 Å². The average Bonchev–Trinajstić information content (AvgIpc) is 2.32. The summed E-state index contributed by atoms with van der Waals surface area (Å²) in [4.78, 5) is 13.5. The minimum Gasteiger partial charge on any atom is -0.342 e. The van der Waals surface area contributed by atoms with Gasteiger partial charge in [0.1, 0.15) is 0 Å². The fraction of sp³-hybridized carbons (Fsp3) is 0.727. The first-order valence-electron chi connectivity index (χ1n) is 5.23. The molecular weight excluding hydrogens is 162 g/mol. The lowest BCUT2D eigenvalue weighted by Gasteiger charge is -2.19. The second-order valence-corrected chi connectivity index (χ2v) is 3.55. The Morgan fingerprint density at radius 2 is 2.23 bits per heavy atom. The smallest absolute Gasteiger partial charge is 0.222 e. The number of likely N-dealkylation sites (tertiary alicyclic amines) is 1. The highest BCUT2D eigenvalue weighted by Crippen LogP contribution is 2.11. The molecule has 0 aliphatic carbocycles. The molecule has 1 fully saturated rings. The SMILES string of the molecule is C/C=C\CCN1CCCCCC1=O. The van der Waals surface area contributed by atoms with Crippen molar-refractivity contribution in [3.8, 4) is 0 Å². The molecule has 0 radical (unpaired) electrons. The summed E-state index contributed by atoms with van der Waals surface area (Å²) in [5.41, 5.74) is 0. The molecule has 1 heterocycles. The van der Waals surface area contributed by atoms with E-state index in [4.69, 9.17) is 0 Å². The molecule has 1 aliphatic heterocycles. The first-order valence-corrected chi connectivity index (χ1v) is 5.23. The van der Waals surface area contributed by atoms with Crippen LogP contribution in [0.2, 0.25) is 0 Å². The highest BCUT2D eigenvalue weighted by atomic mass is 16.2. The molecule has 2 heteroatoms. The van der Waals surface area contributed by atoms with Crippen molar-refractivity contribution in [3.63, 3.8) is 0 Å². The topological polar surface area (TPSA) is 20.3 Å². The van der Waals surface area contributed by atoms with E-state index < -0.39 is 0 Å². The zero-order valence-electron chi connectivity index (χ0n) is 8.46. The molecule has 0 bridgehead atoms. The third kappa shape index (κ3) is 3.62. The number of hydrogen-bond acceptors (Lipinski definition) is 1. The third-order valence-corrected chi connectivity index (χ3v) is 2.47. The minimum absolute atomic E-state index is 0.349. The predicted octanol–water partition coefficient (Wildman–Crippen LogP) is 2.36. The maximum Gasteiger partial charge on any atom is 0.222 e. The molecule has 0 unspecified atom stereocenters. The van der Waals surface area contributed by atoms with E-state index in [1.165, 1.54) is 12.8 Å². The molecule has 0 atom stereocenters. The van der Waals surface area contributed by atoms with Gasteiger partial charge in [-0.25, -0.2) is 0 Å². The van der Waals surface area contributed by atoms with Crippen molar-refractivity contribution in [2.24, 2.45) is 0 Å². The lowest BCUT2D eigenvalue weighted by Crippen LogP contribution is -2.30. The summed E-state index contributed by atoms with van der Waals surface area (Å²) in [7, 11) is 0. The molecule has 0 spiro atoms. The summed E-state index contributed by atoms with van der Waals surface area (Å²) in [5, 5.41) is 0. The molecular formula is C11H19NO. The van der Waals surface area contributed by atoms with Crippen LogP contribution in [0.25, 0.3) is 0 Å². The molecule has 2 nitrogen and oxygen atoms in total. The van der Waals surface area contributed by atoms with E-state index in [1.54, 1.807) is 0 Å². The van der Waals surface area contributed by atoms with Crippen molar-refractivity contribution in [1.82, 2.24) is 4.90 Å². The maximum absolute atomic E-state index is 11.5. The summed E-state index contributed by atoms with van der Waals surface area (Å²) in [5.74, 6) is 0.349. The molecule has 1 aliphatic rings. The number of rotatable bonds is 3. The van der Waals surface area contributed by atoms with Gasteiger partial charge in [0.15, 0.2) is 0 Å². The van der Waals surface area contributed by atoms with Gasteiger partial charge in [0.05, 0.1) is 0 Å². The molecule has 0 aromatic heterocycles. The van der Waals surface area contributed by atoms with Crippen LogP contribution in [0.5, 0.6) is 0 Å². The Balaban J connectivity index is 2.32. The molecule has 1 saturated heterocycles. The Morgan fingerprint density at radius 1 is 1.38 bits per heavy atom. The van der Waals surface area contributed by atoms with Crippen molar-refractivity contribution >= 4 is 5.91 Å². The van der Waals surface area contributed by atoms with Crippen molar-refractivity contribution in [1.29, 1.82) is 0 Å². The van der Waals surface area contributed by atoms with Crippen LogP contribution in [-0.4, -0.2) is 23.9 Å². The van der Waals surface area contributed by atoms with Crippen LogP contribution in [0.1, 0.15) is 39.0 Å². The Labute approximate surface area is 80.6 Å². The summed E-state index contributed by atoms with van der Waals surface area (Å²) in [6.07, 6.45) is 9.41. The van der Waals surface area contributed by atoms with Crippen LogP contribution in [0.3, 0.4) is 0 Å². The van der Waals surface area contributed by atoms with E-state index >= 15 is 0 Å². The van der Waals surface area contributed by atoms with Crippen molar-refractivity contribution < 1.29 is 4.79 Å². The highest BCUT2D eigenvalue weighted by Gasteiger charge is 2.14. The number of nitrogens with zero attached hydrogens (tertiary/aromatic N) is 1. The van der Waals surface area contributed by atoms with Crippen molar-refractivity contribution in [2.45, 2.75) is 39.0 Å². The van der Waals surface area contributed by atoms with Crippen LogP contribution in [0.15, 0.2) is 12.2 Å². The average molecular weight is 181 g/mol. The van der Waals surface area contributed by atoms with Gasteiger partial charge in [-0.15, -0.1) is 0 Å². The number of amides is 1. The normalized spacial score (nSPS) is 19.5. The second-order valence-electron chi connectivity index (χ2n) is 3.55. The molecule has 0 aromatic carbocycles. The maximum atomic E-state index is 11.5. The van der Waals surface area contributed by atoms with E-state index in [1.807, 2.05) is 17.9 Å². The fourth-order valence-electron chi connectivity index (χ4n) is 1.67. The molecule has 74 valence electrons. The van der Waals surface area contributed by atoms with Crippen molar-refractivity contribution in [2.75, 3.05) is 13.1 Å². The van der Waals surface area contributed by atoms with Gasteiger partial charge in [0, 0.05) is 19.5 Å². The fourth-order valence-corrected chi connectivity index (χ4v) is 1.67. The molecule has 1 rings (SSSR count). The first-order chi connectivity index (χ1) is 6.34. The van der Waals surface area contributed by atoms with Gasteiger partial charge in [-0.3, -0.25) is 4.79 Å². The lowest BCUT2D eigenvalue weighted by molar-refractivity contribution is -0.130. The van der Waals surface area contributed by atoms with E-state index in [2.05, 4.69) is 6.08 Å². The summed E-state index contributed by atoms with van der Waals surface area (Å²) >= 11 is 0. The third-order valence-electron chi connectivity index (χ3n) is 2.47. The lowest BCUT2D eigenvalue weighted by atomic mass is 10.2. The predicted molar refractivity (Wildman–Crippen MR) is 54.5 cm³/mol. The van der Waals surface area contributed by atoms with Gasteiger partial charge >= 0.3 is 0 Å². The minimum atomic E-state index is 0.349. The molecule has 13 heavy (non-hydrogen) atoms. The van der Waals surface area contributed by atoms with Gasteiger partial charge in [-0.05, 0) is 26.2 Å². The first kappa shape index (κ1) is 10.3. The summed E-state index contributed by atoms with van der Waals surface area (Å²) < 4.78 is 0. The van der Waals surface area contributed by atoms with Crippen LogP contribution < -0.4 is 0 Å². The zero-order valence-corrected chi connectivity index (χ0v) is 8.46. The summed E-state index contributed by atoms with van der Waals surface area (Å²) in [6.45, 7) is 3.89. The van der Waals surface area contributed by atoms with E-state index in [-0.39, 0.29) is 0 Å². The Hall–Kier alpha value is -0.790. The standard InChI is InChI=1S/C11H19NO/c1-2-3-6-9-12-10-7-4-5-8-11(12)13/h2-3H,4-10H2,1H3/b3-2-. The van der Waals surface area contributed by atoms with Gasteiger partial charge in [0.25, 0.3) is 0 Å². The second kappa shape index (κ2) is 5.79. The highest BCUT2D eigenvalue weighted by molar-refractivity contribution is 5.76. The number of allylic oxidation sites excluding steroid dienone is 1. The van der Waals surface area contributed by atoms with E-state index in [9.17, 15) is 4.79 Å². The van der Waals surface area contributed by atoms with Crippen LogP contribution >= 0.6 is 0 Å². The number of hydrogen-bond donors (Lipinski definition) is 0. The largest absolute Gasteiger partial charge is 0.342 e.